The molecule has 1 amide bonds. The zero-order valence-corrected chi connectivity index (χ0v) is 19.3. The quantitative estimate of drug-likeness (QED) is 0.534. The highest BCUT2D eigenvalue weighted by molar-refractivity contribution is 6.34. The van der Waals surface area contributed by atoms with Crippen LogP contribution in [0.25, 0.3) is 0 Å². The molecule has 3 aromatic carbocycles. The molecule has 2 aliphatic rings. The summed E-state index contributed by atoms with van der Waals surface area (Å²) in [6, 6.07) is 23.8. The van der Waals surface area contributed by atoms with E-state index in [0.29, 0.717) is 18.0 Å². The van der Waals surface area contributed by atoms with Gasteiger partial charge in [-0.25, -0.2) is 5.01 Å². The first-order valence-corrected chi connectivity index (χ1v) is 11.6. The Morgan fingerprint density at radius 2 is 1.76 bits per heavy atom. The average Bonchev–Trinajstić information content (AvgIpc) is 3.30. The number of benzene rings is 3. The van der Waals surface area contributed by atoms with Crippen LogP contribution in [0.3, 0.4) is 0 Å². The van der Waals surface area contributed by atoms with Crippen LogP contribution in [0.5, 0.6) is 5.75 Å². The third-order valence-electron chi connectivity index (χ3n) is 6.42. The van der Waals surface area contributed by atoms with Crippen LogP contribution in [0.15, 0.2) is 77.9 Å². The highest BCUT2D eigenvalue weighted by Crippen LogP contribution is 2.35. The van der Waals surface area contributed by atoms with Crippen LogP contribution in [0.4, 0.5) is 0 Å². The van der Waals surface area contributed by atoms with Crippen molar-refractivity contribution in [1.29, 1.82) is 0 Å². The minimum absolute atomic E-state index is 0.00254. The summed E-state index contributed by atoms with van der Waals surface area (Å²) in [5.74, 6) is 0.783. The van der Waals surface area contributed by atoms with Crippen molar-refractivity contribution >= 4 is 23.2 Å². The highest BCUT2D eigenvalue weighted by atomic mass is 35.5. The minimum atomic E-state index is -0.174. The number of carbonyl (C=O) groups is 1. The van der Waals surface area contributed by atoms with Gasteiger partial charge in [0.2, 0.25) is 0 Å². The smallest absolute Gasteiger partial charge is 0.257 e. The number of carbonyl (C=O) groups excluding carboxylic acids is 1. The molecule has 5 nitrogen and oxygen atoms in total. The summed E-state index contributed by atoms with van der Waals surface area (Å²) in [4.78, 5) is 15.7. The third-order valence-corrected chi connectivity index (χ3v) is 6.75. The van der Waals surface area contributed by atoms with E-state index >= 15 is 0 Å². The summed E-state index contributed by atoms with van der Waals surface area (Å²) in [5.41, 5.74) is 5.40. The SMILES string of the molecule is COc1ccc(C2CC(c3ccccc3Cl)=NN2C(=O)CN2CCc3ccccc3C2)cc1. The first-order valence-electron chi connectivity index (χ1n) is 11.2. The van der Waals surface area contributed by atoms with Gasteiger partial charge in [0.1, 0.15) is 5.75 Å². The van der Waals surface area contributed by atoms with Gasteiger partial charge in [-0.1, -0.05) is 66.2 Å². The second-order valence-electron chi connectivity index (χ2n) is 8.49. The molecule has 0 bridgehead atoms. The average molecular weight is 460 g/mol. The van der Waals surface area contributed by atoms with Gasteiger partial charge in [0.25, 0.3) is 5.91 Å². The molecular formula is C27H26ClN3O2. The summed E-state index contributed by atoms with van der Waals surface area (Å²) in [6.45, 7) is 1.98. The van der Waals surface area contributed by atoms with Crippen LogP contribution in [0, 0.1) is 0 Å². The predicted octanol–water partition coefficient (Wildman–Crippen LogP) is 5.08. The molecule has 0 saturated heterocycles. The number of nitrogens with zero attached hydrogens (tertiary/aromatic N) is 3. The van der Waals surface area contributed by atoms with Crippen molar-refractivity contribution in [1.82, 2.24) is 9.91 Å². The number of amides is 1. The lowest BCUT2D eigenvalue weighted by Crippen LogP contribution is -2.40. The lowest BCUT2D eigenvalue weighted by molar-refractivity contribution is -0.134. The molecule has 0 aromatic heterocycles. The molecule has 6 heteroatoms. The van der Waals surface area contributed by atoms with Gasteiger partial charge in [0.05, 0.1) is 25.4 Å². The summed E-state index contributed by atoms with van der Waals surface area (Å²) < 4.78 is 5.31. The Balaban J connectivity index is 1.40. The molecule has 168 valence electrons. The van der Waals surface area contributed by atoms with Gasteiger partial charge in [-0.2, -0.15) is 5.10 Å². The Labute approximate surface area is 199 Å². The molecule has 1 atom stereocenters. The van der Waals surface area contributed by atoms with E-state index in [0.717, 1.165) is 42.1 Å². The maximum atomic E-state index is 13.5. The van der Waals surface area contributed by atoms with Crippen LogP contribution in [-0.4, -0.2) is 41.7 Å². The van der Waals surface area contributed by atoms with Crippen molar-refractivity contribution in [2.24, 2.45) is 5.10 Å². The topological polar surface area (TPSA) is 45.1 Å². The molecule has 2 heterocycles. The molecule has 5 rings (SSSR count). The Hall–Kier alpha value is -3.15. The van der Waals surface area contributed by atoms with Gasteiger partial charge in [-0.15, -0.1) is 0 Å². The van der Waals surface area contributed by atoms with Crippen molar-refractivity contribution < 1.29 is 9.53 Å². The minimum Gasteiger partial charge on any atom is -0.497 e. The third kappa shape index (κ3) is 4.52. The first kappa shape index (κ1) is 21.7. The van der Waals surface area contributed by atoms with Crippen LogP contribution in [-0.2, 0) is 17.8 Å². The van der Waals surface area contributed by atoms with E-state index in [1.165, 1.54) is 11.1 Å². The molecule has 3 aromatic rings. The van der Waals surface area contributed by atoms with Gasteiger partial charge in [-0.3, -0.25) is 9.69 Å². The zero-order chi connectivity index (χ0) is 22.8. The monoisotopic (exact) mass is 459 g/mol. The standard InChI is InChI=1S/C27H26ClN3O2/c1-33-22-12-10-20(11-13-22)26-16-25(23-8-4-5-9-24(23)28)29-31(26)27(32)18-30-15-14-19-6-2-3-7-21(19)17-30/h2-13,26H,14-18H2,1H3. The molecule has 2 aliphatic heterocycles. The maximum absolute atomic E-state index is 13.5. The Kier molecular flexibility index (Phi) is 6.16. The first-order chi connectivity index (χ1) is 16.1. The van der Waals surface area contributed by atoms with Gasteiger partial charge >= 0.3 is 0 Å². The van der Waals surface area contributed by atoms with E-state index < -0.39 is 0 Å². The number of ether oxygens (including phenoxy) is 1. The number of rotatable bonds is 5. The Morgan fingerprint density at radius 3 is 2.52 bits per heavy atom. The van der Waals surface area contributed by atoms with Gasteiger partial charge in [0, 0.05) is 30.1 Å². The lowest BCUT2D eigenvalue weighted by atomic mass is 9.98. The van der Waals surface area contributed by atoms with Crippen LogP contribution >= 0.6 is 11.6 Å². The van der Waals surface area contributed by atoms with Gasteiger partial charge in [0.15, 0.2) is 0 Å². The summed E-state index contributed by atoms with van der Waals surface area (Å²) in [5, 5.41) is 7.09. The molecule has 0 fully saturated rings. The second-order valence-corrected chi connectivity index (χ2v) is 8.89. The predicted molar refractivity (Wildman–Crippen MR) is 131 cm³/mol. The number of hydrogen-bond donors (Lipinski definition) is 0. The largest absolute Gasteiger partial charge is 0.497 e. The maximum Gasteiger partial charge on any atom is 0.257 e. The van der Waals surface area contributed by atoms with Crippen molar-refractivity contribution in [3.63, 3.8) is 0 Å². The normalized spacial score (nSPS) is 18.1. The van der Waals surface area contributed by atoms with Crippen LogP contribution in [0.1, 0.15) is 34.7 Å². The Morgan fingerprint density at radius 1 is 1.03 bits per heavy atom. The van der Waals surface area contributed by atoms with Crippen molar-refractivity contribution in [3.8, 4) is 5.75 Å². The summed E-state index contributed by atoms with van der Waals surface area (Å²) in [6.07, 6.45) is 1.57. The number of methoxy groups -OCH3 is 1. The lowest BCUT2D eigenvalue weighted by Gasteiger charge is -2.30. The zero-order valence-electron chi connectivity index (χ0n) is 18.6. The highest BCUT2D eigenvalue weighted by Gasteiger charge is 2.34. The van der Waals surface area contributed by atoms with E-state index in [2.05, 4.69) is 29.2 Å². The van der Waals surface area contributed by atoms with E-state index in [4.69, 9.17) is 21.4 Å². The molecule has 33 heavy (non-hydrogen) atoms. The molecule has 1 unspecified atom stereocenters. The molecule has 0 aliphatic carbocycles. The van der Waals surface area contributed by atoms with E-state index in [1.807, 2.05) is 48.5 Å². The fourth-order valence-electron chi connectivity index (χ4n) is 4.64. The van der Waals surface area contributed by atoms with Crippen molar-refractivity contribution in [2.75, 3.05) is 20.2 Å². The molecule has 0 saturated carbocycles. The molecular weight excluding hydrogens is 434 g/mol. The van der Waals surface area contributed by atoms with Crippen LogP contribution < -0.4 is 4.74 Å². The van der Waals surface area contributed by atoms with Gasteiger partial charge < -0.3 is 4.74 Å². The number of fused-ring (bicyclic) bond motifs is 1. The number of hydrazone groups is 1. The second kappa shape index (κ2) is 9.38. The summed E-state index contributed by atoms with van der Waals surface area (Å²) in [7, 11) is 1.65. The van der Waals surface area contributed by atoms with E-state index in [9.17, 15) is 4.79 Å². The fourth-order valence-corrected chi connectivity index (χ4v) is 4.88. The number of hydrogen-bond acceptors (Lipinski definition) is 4. The number of halogens is 1. The molecule has 0 radical (unpaired) electrons. The van der Waals surface area contributed by atoms with Crippen molar-refractivity contribution in [3.05, 3.63) is 100 Å². The van der Waals surface area contributed by atoms with E-state index in [1.54, 1.807) is 12.1 Å². The van der Waals surface area contributed by atoms with E-state index in [-0.39, 0.29) is 11.9 Å². The fraction of sp³-hybridized carbons (Fsp3) is 0.259. The van der Waals surface area contributed by atoms with Crippen LogP contribution in [0.2, 0.25) is 5.02 Å². The molecule has 0 spiro atoms. The molecule has 0 N–H and O–H groups in total. The summed E-state index contributed by atoms with van der Waals surface area (Å²) >= 11 is 6.46. The van der Waals surface area contributed by atoms with Crippen molar-refractivity contribution in [2.45, 2.75) is 25.4 Å². The Bertz CT molecular complexity index is 1190. The van der Waals surface area contributed by atoms with Gasteiger partial charge in [-0.05, 0) is 41.3 Å².